The molecule has 1 N–H and O–H groups in total. The fourth-order valence-electron chi connectivity index (χ4n) is 2.89. The molecule has 0 bridgehead atoms. The highest BCUT2D eigenvalue weighted by atomic mass is 35.5. The van der Waals surface area contributed by atoms with Gasteiger partial charge in [0.15, 0.2) is 5.78 Å². The Morgan fingerprint density at radius 1 is 1.20 bits per heavy atom. The van der Waals surface area contributed by atoms with Crippen LogP contribution in [0.2, 0.25) is 5.02 Å². The summed E-state index contributed by atoms with van der Waals surface area (Å²) >= 11 is 6.03. The number of ketones is 1. The molecule has 0 aliphatic heterocycles. The SMILES string of the molecule is CCc1ccc(Oc2ccc(C#N)c(Cl)c2)cc1C1=C(O)CCC1=O. The number of rotatable bonds is 4. The molecular weight excluding hydrogens is 338 g/mol. The lowest BCUT2D eigenvalue weighted by Gasteiger charge is -2.13. The Balaban J connectivity index is 1.98. The molecule has 4 nitrogen and oxygen atoms in total. The molecule has 126 valence electrons. The second-order valence-corrected chi connectivity index (χ2v) is 6.18. The first-order valence-electron chi connectivity index (χ1n) is 7.99. The molecule has 25 heavy (non-hydrogen) atoms. The van der Waals surface area contributed by atoms with E-state index in [-0.39, 0.29) is 11.5 Å². The van der Waals surface area contributed by atoms with Crippen LogP contribution >= 0.6 is 11.6 Å². The molecule has 2 aromatic rings. The third-order valence-electron chi connectivity index (χ3n) is 4.18. The summed E-state index contributed by atoms with van der Waals surface area (Å²) in [5.74, 6) is 1.12. The molecule has 0 heterocycles. The molecule has 0 aromatic heterocycles. The topological polar surface area (TPSA) is 70.3 Å². The van der Waals surface area contributed by atoms with Crippen molar-refractivity contribution in [2.45, 2.75) is 26.2 Å². The van der Waals surface area contributed by atoms with Gasteiger partial charge in [0.25, 0.3) is 0 Å². The maximum Gasteiger partial charge on any atom is 0.167 e. The maximum absolute atomic E-state index is 12.1. The van der Waals surface area contributed by atoms with Crippen LogP contribution in [-0.2, 0) is 11.2 Å². The quantitative estimate of drug-likeness (QED) is 0.820. The van der Waals surface area contributed by atoms with Crippen LogP contribution in [0.1, 0.15) is 36.5 Å². The van der Waals surface area contributed by atoms with E-state index in [2.05, 4.69) is 0 Å². The Morgan fingerprint density at radius 3 is 2.52 bits per heavy atom. The Hall–Kier alpha value is -2.77. The Kier molecular flexibility index (Phi) is 4.78. The van der Waals surface area contributed by atoms with Crippen molar-refractivity contribution in [2.75, 3.05) is 0 Å². The van der Waals surface area contributed by atoms with Crippen molar-refractivity contribution in [1.82, 2.24) is 0 Å². The van der Waals surface area contributed by atoms with E-state index < -0.39 is 0 Å². The summed E-state index contributed by atoms with van der Waals surface area (Å²) in [5.41, 5.74) is 2.45. The van der Waals surface area contributed by atoms with Gasteiger partial charge in [-0.2, -0.15) is 5.26 Å². The van der Waals surface area contributed by atoms with Gasteiger partial charge in [-0.05, 0) is 41.8 Å². The van der Waals surface area contributed by atoms with E-state index >= 15 is 0 Å². The fraction of sp³-hybridized carbons (Fsp3) is 0.200. The number of hydrogen-bond donors (Lipinski definition) is 1. The lowest BCUT2D eigenvalue weighted by molar-refractivity contribution is -0.113. The second-order valence-electron chi connectivity index (χ2n) is 5.77. The number of nitrogens with zero attached hydrogens (tertiary/aromatic N) is 1. The normalized spacial score (nSPS) is 13.9. The zero-order valence-electron chi connectivity index (χ0n) is 13.7. The van der Waals surface area contributed by atoms with Crippen molar-refractivity contribution in [3.63, 3.8) is 0 Å². The summed E-state index contributed by atoms with van der Waals surface area (Å²) in [6.07, 6.45) is 1.45. The number of halogens is 1. The van der Waals surface area contributed by atoms with Crippen LogP contribution in [0.4, 0.5) is 0 Å². The van der Waals surface area contributed by atoms with E-state index in [0.717, 1.165) is 12.0 Å². The van der Waals surface area contributed by atoms with E-state index in [4.69, 9.17) is 21.6 Å². The molecule has 2 aromatic carbocycles. The molecule has 0 radical (unpaired) electrons. The number of aliphatic hydroxyl groups is 1. The van der Waals surface area contributed by atoms with Crippen molar-refractivity contribution in [1.29, 1.82) is 5.26 Å². The molecular formula is C20H16ClNO3. The average Bonchev–Trinajstić information content (AvgIpc) is 2.93. The minimum atomic E-state index is -0.0502. The maximum atomic E-state index is 12.1. The number of allylic oxidation sites excluding steroid dienone is 2. The van der Waals surface area contributed by atoms with Crippen molar-refractivity contribution in [2.24, 2.45) is 0 Å². The minimum absolute atomic E-state index is 0.0502. The third kappa shape index (κ3) is 3.38. The van der Waals surface area contributed by atoms with Crippen LogP contribution in [0.15, 0.2) is 42.2 Å². The van der Waals surface area contributed by atoms with E-state index in [1.807, 2.05) is 25.1 Å². The number of benzene rings is 2. The van der Waals surface area contributed by atoms with Gasteiger partial charge < -0.3 is 9.84 Å². The first-order valence-corrected chi connectivity index (χ1v) is 8.37. The van der Waals surface area contributed by atoms with Crippen LogP contribution in [0.25, 0.3) is 5.57 Å². The van der Waals surface area contributed by atoms with E-state index in [0.29, 0.717) is 46.1 Å². The Bertz CT molecular complexity index is 925. The minimum Gasteiger partial charge on any atom is -0.512 e. The molecule has 0 fully saturated rings. The van der Waals surface area contributed by atoms with Crippen LogP contribution in [0.3, 0.4) is 0 Å². The predicted molar refractivity (Wildman–Crippen MR) is 95.9 cm³/mol. The highest BCUT2D eigenvalue weighted by Crippen LogP contribution is 2.35. The summed E-state index contributed by atoms with van der Waals surface area (Å²) in [4.78, 5) is 12.1. The van der Waals surface area contributed by atoms with Crippen molar-refractivity contribution >= 4 is 23.0 Å². The molecule has 1 aliphatic carbocycles. The third-order valence-corrected chi connectivity index (χ3v) is 4.50. The number of carbonyl (C=O) groups excluding carboxylic acids is 1. The van der Waals surface area contributed by atoms with Crippen molar-refractivity contribution in [3.05, 3.63) is 63.9 Å². The molecule has 0 unspecified atom stereocenters. The van der Waals surface area contributed by atoms with Gasteiger partial charge in [-0.25, -0.2) is 0 Å². The predicted octanol–water partition coefficient (Wildman–Crippen LogP) is 5.20. The summed E-state index contributed by atoms with van der Waals surface area (Å²) < 4.78 is 5.82. The highest BCUT2D eigenvalue weighted by molar-refractivity contribution is 6.31. The zero-order chi connectivity index (χ0) is 18.0. The summed E-state index contributed by atoms with van der Waals surface area (Å²) in [5, 5.41) is 19.3. The van der Waals surface area contributed by atoms with Gasteiger partial charge in [0.2, 0.25) is 0 Å². The van der Waals surface area contributed by atoms with Gasteiger partial charge in [0, 0.05) is 18.9 Å². The standard InChI is InChI=1S/C20H16ClNO3/c1-2-12-3-5-14(9-16(12)20-18(23)7-8-19(20)24)25-15-6-4-13(11-22)17(21)10-15/h3-6,9-10,23H,2,7-8H2,1H3. The summed E-state index contributed by atoms with van der Waals surface area (Å²) in [7, 11) is 0. The average molecular weight is 354 g/mol. The number of hydrogen-bond acceptors (Lipinski definition) is 4. The monoisotopic (exact) mass is 353 g/mol. The number of carbonyl (C=O) groups is 1. The molecule has 0 amide bonds. The Morgan fingerprint density at radius 2 is 1.92 bits per heavy atom. The first kappa shape index (κ1) is 17.1. The molecule has 1 aliphatic rings. The molecule has 3 rings (SSSR count). The largest absolute Gasteiger partial charge is 0.512 e. The lowest BCUT2D eigenvalue weighted by atomic mass is 9.96. The number of ether oxygens (including phenoxy) is 1. The Labute approximate surface area is 150 Å². The summed E-state index contributed by atoms with van der Waals surface area (Å²) in [6, 6.07) is 12.3. The smallest absolute Gasteiger partial charge is 0.167 e. The van der Waals surface area contributed by atoms with E-state index in [9.17, 15) is 9.90 Å². The lowest BCUT2D eigenvalue weighted by Crippen LogP contribution is -2.01. The van der Waals surface area contributed by atoms with Gasteiger partial charge in [-0.15, -0.1) is 0 Å². The van der Waals surface area contributed by atoms with E-state index in [1.165, 1.54) is 0 Å². The van der Waals surface area contributed by atoms with Gasteiger partial charge >= 0.3 is 0 Å². The molecule has 0 atom stereocenters. The van der Waals surface area contributed by atoms with Gasteiger partial charge in [-0.3, -0.25) is 4.79 Å². The number of aryl methyl sites for hydroxylation is 1. The van der Waals surface area contributed by atoms with Crippen LogP contribution < -0.4 is 4.74 Å². The zero-order valence-corrected chi connectivity index (χ0v) is 14.4. The van der Waals surface area contributed by atoms with Crippen LogP contribution in [0.5, 0.6) is 11.5 Å². The van der Waals surface area contributed by atoms with E-state index in [1.54, 1.807) is 24.3 Å². The second kappa shape index (κ2) is 7.00. The number of aliphatic hydroxyl groups excluding tert-OH is 1. The van der Waals surface area contributed by atoms with Crippen molar-refractivity contribution < 1.29 is 14.6 Å². The molecule has 0 saturated heterocycles. The van der Waals surface area contributed by atoms with Crippen LogP contribution in [0, 0.1) is 11.3 Å². The van der Waals surface area contributed by atoms with Crippen molar-refractivity contribution in [3.8, 4) is 17.6 Å². The molecule has 5 heteroatoms. The fourth-order valence-corrected chi connectivity index (χ4v) is 3.11. The molecule has 0 spiro atoms. The van der Waals surface area contributed by atoms with Gasteiger partial charge in [0.05, 0.1) is 16.2 Å². The molecule has 0 saturated carbocycles. The first-order chi connectivity index (χ1) is 12.0. The van der Waals surface area contributed by atoms with Crippen LogP contribution in [-0.4, -0.2) is 10.9 Å². The highest BCUT2D eigenvalue weighted by Gasteiger charge is 2.26. The van der Waals surface area contributed by atoms with Gasteiger partial charge in [0.1, 0.15) is 23.3 Å². The van der Waals surface area contributed by atoms with Gasteiger partial charge in [-0.1, -0.05) is 24.6 Å². The summed E-state index contributed by atoms with van der Waals surface area (Å²) in [6.45, 7) is 2.00. The number of nitriles is 1. The number of Topliss-reactive ketones (excluding diaryl/α,β-unsaturated/α-hetero) is 1.